The lowest BCUT2D eigenvalue weighted by Crippen LogP contribution is -2.16. The minimum absolute atomic E-state index is 0.995. The van der Waals surface area contributed by atoms with Gasteiger partial charge in [-0.05, 0) is 23.3 Å². The molecule has 0 aliphatic carbocycles. The van der Waals surface area contributed by atoms with Gasteiger partial charge in [0.05, 0.1) is 5.69 Å². The molecule has 3 heteroatoms. The summed E-state index contributed by atoms with van der Waals surface area (Å²) in [5.74, 6) is 0.995. The minimum atomic E-state index is 0.995. The number of aromatic nitrogens is 2. The molecule has 1 aromatic heterocycles. The van der Waals surface area contributed by atoms with Gasteiger partial charge in [-0.15, -0.1) is 0 Å². The molecule has 1 aliphatic heterocycles. The minimum Gasteiger partial charge on any atom is -0.356 e. The lowest BCUT2D eigenvalue weighted by atomic mass is 10.1. The van der Waals surface area contributed by atoms with Gasteiger partial charge in [0, 0.05) is 24.8 Å². The second-order valence-electron chi connectivity index (χ2n) is 4.99. The molecule has 0 radical (unpaired) electrons. The molecule has 0 bridgehead atoms. The van der Waals surface area contributed by atoms with Gasteiger partial charge in [-0.2, -0.15) is 0 Å². The average molecular weight is 249 g/mol. The van der Waals surface area contributed by atoms with Crippen LogP contribution in [0.2, 0.25) is 0 Å². The summed E-state index contributed by atoms with van der Waals surface area (Å²) in [5.41, 5.74) is 2.23. The first-order chi connectivity index (χ1) is 9.40. The molecular weight excluding hydrogens is 234 g/mol. The SMILES string of the molecule is c1ccc2cc(-c3cn4c(n3)NCCC4)ccc2c1. The molecule has 3 aromatic rings. The molecule has 19 heavy (non-hydrogen) atoms. The lowest BCUT2D eigenvalue weighted by Gasteiger charge is -2.14. The van der Waals surface area contributed by atoms with E-state index in [2.05, 4.69) is 63.5 Å². The number of benzene rings is 2. The Balaban J connectivity index is 1.83. The fraction of sp³-hybridized carbons (Fsp3) is 0.188. The Kier molecular flexibility index (Phi) is 2.30. The molecule has 0 spiro atoms. The summed E-state index contributed by atoms with van der Waals surface area (Å²) >= 11 is 0. The summed E-state index contributed by atoms with van der Waals surface area (Å²) in [6, 6.07) is 15.0. The van der Waals surface area contributed by atoms with Crippen LogP contribution in [-0.2, 0) is 6.54 Å². The van der Waals surface area contributed by atoms with Crippen LogP contribution in [0.25, 0.3) is 22.0 Å². The molecule has 0 fully saturated rings. The van der Waals surface area contributed by atoms with E-state index in [1.54, 1.807) is 0 Å². The van der Waals surface area contributed by atoms with Gasteiger partial charge in [0.1, 0.15) is 0 Å². The Morgan fingerprint density at radius 3 is 2.84 bits per heavy atom. The maximum Gasteiger partial charge on any atom is 0.203 e. The highest BCUT2D eigenvalue weighted by atomic mass is 15.2. The predicted octanol–water partition coefficient (Wildman–Crippen LogP) is 3.52. The molecule has 0 atom stereocenters. The Bertz CT molecular complexity index is 719. The number of aryl methyl sites for hydroxylation is 1. The molecule has 1 N–H and O–H groups in total. The summed E-state index contributed by atoms with van der Waals surface area (Å²) in [4.78, 5) is 4.68. The Labute approximate surface area is 111 Å². The zero-order valence-corrected chi connectivity index (χ0v) is 10.6. The predicted molar refractivity (Wildman–Crippen MR) is 78.3 cm³/mol. The summed E-state index contributed by atoms with van der Waals surface area (Å²) in [5, 5.41) is 5.88. The molecule has 1 aliphatic rings. The third-order valence-electron chi connectivity index (χ3n) is 3.68. The van der Waals surface area contributed by atoms with Crippen molar-refractivity contribution in [2.75, 3.05) is 11.9 Å². The number of fused-ring (bicyclic) bond motifs is 2. The summed E-state index contributed by atoms with van der Waals surface area (Å²) in [7, 11) is 0. The van der Waals surface area contributed by atoms with Gasteiger partial charge in [-0.1, -0.05) is 36.4 Å². The topological polar surface area (TPSA) is 29.9 Å². The Morgan fingerprint density at radius 2 is 1.95 bits per heavy atom. The van der Waals surface area contributed by atoms with Gasteiger partial charge in [0.25, 0.3) is 0 Å². The van der Waals surface area contributed by atoms with Crippen LogP contribution in [0.4, 0.5) is 5.95 Å². The molecule has 0 amide bonds. The number of imidazole rings is 1. The zero-order valence-electron chi connectivity index (χ0n) is 10.6. The van der Waals surface area contributed by atoms with Crippen molar-refractivity contribution in [2.45, 2.75) is 13.0 Å². The summed E-state index contributed by atoms with van der Waals surface area (Å²) in [6.45, 7) is 2.08. The van der Waals surface area contributed by atoms with E-state index in [0.29, 0.717) is 0 Å². The van der Waals surface area contributed by atoms with Crippen LogP contribution in [-0.4, -0.2) is 16.1 Å². The number of nitrogens with zero attached hydrogens (tertiary/aromatic N) is 2. The number of anilines is 1. The summed E-state index contributed by atoms with van der Waals surface area (Å²) < 4.78 is 2.20. The second-order valence-corrected chi connectivity index (χ2v) is 4.99. The maximum atomic E-state index is 4.68. The van der Waals surface area contributed by atoms with Gasteiger partial charge in [0.2, 0.25) is 5.95 Å². The quantitative estimate of drug-likeness (QED) is 0.715. The average Bonchev–Trinajstić information content (AvgIpc) is 2.90. The first-order valence-corrected chi connectivity index (χ1v) is 6.70. The van der Waals surface area contributed by atoms with Crippen LogP contribution in [0.5, 0.6) is 0 Å². The van der Waals surface area contributed by atoms with E-state index in [0.717, 1.165) is 24.7 Å². The molecule has 0 unspecified atom stereocenters. The monoisotopic (exact) mass is 249 g/mol. The Hall–Kier alpha value is -2.29. The molecule has 0 saturated heterocycles. The highest BCUT2D eigenvalue weighted by Gasteiger charge is 2.12. The van der Waals surface area contributed by atoms with Crippen molar-refractivity contribution in [3.05, 3.63) is 48.7 Å². The van der Waals surface area contributed by atoms with E-state index in [-0.39, 0.29) is 0 Å². The van der Waals surface area contributed by atoms with Gasteiger partial charge < -0.3 is 9.88 Å². The number of hydrogen-bond donors (Lipinski definition) is 1. The van der Waals surface area contributed by atoms with E-state index < -0.39 is 0 Å². The van der Waals surface area contributed by atoms with Crippen molar-refractivity contribution < 1.29 is 0 Å². The van der Waals surface area contributed by atoms with E-state index >= 15 is 0 Å². The highest BCUT2D eigenvalue weighted by molar-refractivity contribution is 5.86. The maximum absolute atomic E-state index is 4.68. The number of hydrogen-bond acceptors (Lipinski definition) is 2. The van der Waals surface area contributed by atoms with Crippen molar-refractivity contribution in [2.24, 2.45) is 0 Å². The van der Waals surface area contributed by atoms with Crippen LogP contribution in [0.15, 0.2) is 48.7 Å². The first-order valence-electron chi connectivity index (χ1n) is 6.70. The van der Waals surface area contributed by atoms with Crippen LogP contribution >= 0.6 is 0 Å². The van der Waals surface area contributed by atoms with E-state index in [9.17, 15) is 0 Å². The van der Waals surface area contributed by atoms with Gasteiger partial charge in [-0.25, -0.2) is 4.98 Å². The standard InChI is InChI=1S/C16H15N3/c1-2-5-13-10-14(7-6-12(13)4-1)15-11-19-9-3-8-17-16(19)18-15/h1-2,4-7,10-11H,3,8-9H2,(H,17,18). The van der Waals surface area contributed by atoms with Crippen LogP contribution in [0.3, 0.4) is 0 Å². The molecule has 4 rings (SSSR count). The fourth-order valence-electron chi connectivity index (χ4n) is 2.66. The summed E-state index contributed by atoms with van der Waals surface area (Å²) in [6.07, 6.45) is 3.31. The fourth-order valence-corrected chi connectivity index (χ4v) is 2.66. The van der Waals surface area contributed by atoms with Crippen molar-refractivity contribution in [3.63, 3.8) is 0 Å². The molecule has 3 nitrogen and oxygen atoms in total. The van der Waals surface area contributed by atoms with Crippen molar-refractivity contribution >= 4 is 16.7 Å². The first kappa shape index (κ1) is 10.6. The molecule has 2 aromatic carbocycles. The zero-order chi connectivity index (χ0) is 12.7. The van der Waals surface area contributed by atoms with Gasteiger partial charge >= 0.3 is 0 Å². The molecule has 2 heterocycles. The second kappa shape index (κ2) is 4.12. The van der Waals surface area contributed by atoms with E-state index in [4.69, 9.17) is 0 Å². The number of rotatable bonds is 1. The van der Waals surface area contributed by atoms with E-state index in [1.165, 1.54) is 22.8 Å². The highest BCUT2D eigenvalue weighted by Crippen LogP contribution is 2.26. The van der Waals surface area contributed by atoms with Crippen LogP contribution < -0.4 is 5.32 Å². The normalized spacial score (nSPS) is 14.1. The van der Waals surface area contributed by atoms with E-state index in [1.807, 2.05) is 0 Å². The van der Waals surface area contributed by atoms with Crippen molar-refractivity contribution in [1.82, 2.24) is 9.55 Å². The number of nitrogens with one attached hydrogen (secondary N) is 1. The van der Waals surface area contributed by atoms with Crippen molar-refractivity contribution in [3.8, 4) is 11.3 Å². The van der Waals surface area contributed by atoms with Crippen LogP contribution in [0, 0.1) is 0 Å². The lowest BCUT2D eigenvalue weighted by molar-refractivity contribution is 0.627. The van der Waals surface area contributed by atoms with Crippen LogP contribution in [0.1, 0.15) is 6.42 Å². The Morgan fingerprint density at radius 1 is 1.05 bits per heavy atom. The molecule has 94 valence electrons. The van der Waals surface area contributed by atoms with Gasteiger partial charge in [0.15, 0.2) is 0 Å². The smallest absolute Gasteiger partial charge is 0.203 e. The van der Waals surface area contributed by atoms with Gasteiger partial charge in [-0.3, -0.25) is 0 Å². The van der Waals surface area contributed by atoms with Crippen molar-refractivity contribution in [1.29, 1.82) is 0 Å². The third-order valence-corrected chi connectivity index (χ3v) is 3.68. The third kappa shape index (κ3) is 1.78. The largest absolute Gasteiger partial charge is 0.356 e. The molecular formula is C16H15N3. The molecule has 0 saturated carbocycles.